The van der Waals surface area contributed by atoms with Gasteiger partial charge in [0.25, 0.3) is 0 Å². The summed E-state index contributed by atoms with van der Waals surface area (Å²) in [5.74, 6) is 0.947. The first-order chi connectivity index (χ1) is 13.7. The van der Waals surface area contributed by atoms with E-state index in [1.165, 1.54) is 26.4 Å². The molecule has 142 valence electrons. The standard InChI is InChI=1S/C23H24N4S/c1-15-3-2-4-19-22(15)26-23(25-19)21-10-9-20(28-21)17-7-5-16(6-8-17)13-27-12-11-18(24)14-27/h2-10,18H,11-14,24H2,1H3,(H,25,26). The van der Waals surface area contributed by atoms with Crippen LogP contribution in [-0.2, 0) is 6.54 Å². The molecule has 5 heteroatoms. The highest BCUT2D eigenvalue weighted by Gasteiger charge is 2.18. The molecule has 2 aromatic heterocycles. The Balaban J connectivity index is 1.36. The van der Waals surface area contributed by atoms with Gasteiger partial charge in [0.2, 0.25) is 0 Å². The number of thiophene rings is 1. The van der Waals surface area contributed by atoms with Crippen molar-refractivity contribution in [2.75, 3.05) is 13.1 Å². The number of hydrogen-bond acceptors (Lipinski definition) is 4. The third-order valence-corrected chi connectivity index (χ3v) is 6.65. The number of aromatic nitrogens is 2. The molecule has 4 aromatic rings. The molecule has 0 amide bonds. The Morgan fingerprint density at radius 3 is 2.68 bits per heavy atom. The predicted octanol–water partition coefficient (Wildman–Crippen LogP) is 4.80. The van der Waals surface area contributed by atoms with E-state index in [-0.39, 0.29) is 0 Å². The second kappa shape index (κ2) is 7.17. The second-order valence-corrected chi connectivity index (χ2v) is 8.78. The maximum atomic E-state index is 6.01. The third kappa shape index (κ3) is 3.37. The molecule has 0 aliphatic carbocycles. The molecule has 3 N–H and O–H groups in total. The van der Waals surface area contributed by atoms with Crippen LogP contribution in [0.5, 0.6) is 0 Å². The van der Waals surface area contributed by atoms with Crippen molar-refractivity contribution in [1.82, 2.24) is 14.9 Å². The van der Waals surface area contributed by atoms with Gasteiger partial charge in [-0.1, -0.05) is 36.4 Å². The van der Waals surface area contributed by atoms with Crippen LogP contribution >= 0.6 is 11.3 Å². The van der Waals surface area contributed by atoms with Crippen molar-refractivity contribution in [3.63, 3.8) is 0 Å². The van der Waals surface area contributed by atoms with Gasteiger partial charge in [0, 0.05) is 30.6 Å². The van der Waals surface area contributed by atoms with Gasteiger partial charge in [-0.25, -0.2) is 4.98 Å². The highest BCUT2D eigenvalue weighted by atomic mass is 32.1. The zero-order chi connectivity index (χ0) is 19.1. The Hall–Kier alpha value is -2.47. The summed E-state index contributed by atoms with van der Waals surface area (Å²) >= 11 is 1.78. The van der Waals surface area contributed by atoms with E-state index in [9.17, 15) is 0 Å². The zero-order valence-electron chi connectivity index (χ0n) is 16.0. The Morgan fingerprint density at radius 1 is 1.11 bits per heavy atom. The quantitative estimate of drug-likeness (QED) is 0.528. The van der Waals surface area contributed by atoms with Crippen LogP contribution in [0.15, 0.2) is 54.6 Å². The minimum absolute atomic E-state index is 0.339. The normalized spacial score (nSPS) is 17.6. The van der Waals surface area contributed by atoms with Gasteiger partial charge in [0.15, 0.2) is 0 Å². The lowest BCUT2D eigenvalue weighted by atomic mass is 10.1. The van der Waals surface area contributed by atoms with Crippen LogP contribution in [-0.4, -0.2) is 34.0 Å². The molecule has 0 radical (unpaired) electrons. The van der Waals surface area contributed by atoms with Crippen LogP contribution in [0, 0.1) is 6.92 Å². The van der Waals surface area contributed by atoms with E-state index < -0.39 is 0 Å². The number of nitrogens with zero attached hydrogens (tertiary/aromatic N) is 2. The fourth-order valence-electron chi connectivity index (χ4n) is 3.95. The number of nitrogens with one attached hydrogen (secondary N) is 1. The highest BCUT2D eigenvalue weighted by molar-refractivity contribution is 7.18. The number of likely N-dealkylation sites (tertiary alicyclic amines) is 1. The monoisotopic (exact) mass is 388 g/mol. The molecule has 1 unspecified atom stereocenters. The van der Waals surface area contributed by atoms with Crippen LogP contribution in [0.3, 0.4) is 0 Å². The molecular formula is C23H24N4S. The molecule has 2 aromatic carbocycles. The lowest BCUT2D eigenvalue weighted by molar-refractivity contribution is 0.327. The van der Waals surface area contributed by atoms with Crippen molar-refractivity contribution in [1.29, 1.82) is 0 Å². The summed E-state index contributed by atoms with van der Waals surface area (Å²) in [6.07, 6.45) is 1.11. The molecule has 1 aliphatic heterocycles. The molecule has 1 fully saturated rings. The van der Waals surface area contributed by atoms with E-state index >= 15 is 0 Å². The Bertz CT molecular complexity index is 1110. The summed E-state index contributed by atoms with van der Waals surface area (Å²) in [6, 6.07) is 19.9. The maximum absolute atomic E-state index is 6.01. The van der Waals surface area contributed by atoms with E-state index in [0.29, 0.717) is 6.04 Å². The topological polar surface area (TPSA) is 57.9 Å². The first-order valence-electron chi connectivity index (χ1n) is 9.78. The lowest BCUT2D eigenvalue weighted by Gasteiger charge is -2.15. The summed E-state index contributed by atoms with van der Waals surface area (Å²) in [7, 11) is 0. The van der Waals surface area contributed by atoms with E-state index in [4.69, 9.17) is 10.7 Å². The number of nitrogens with two attached hydrogens (primary N) is 1. The van der Waals surface area contributed by atoms with Crippen LogP contribution in [0.2, 0.25) is 0 Å². The maximum Gasteiger partial charge on any atom is 0.148 e. The predicted molar refractivity (Wildman–Crippen MR) is 117 cm³/mol. The average Bonchev–Trinajstić information content (AvgIpc) is 3.42. The molecule has 0 bridgehead atoms. The fourth-order valence-corrected chi connectivity index (χ4v) is 4.91. The SMILES string of the molecule is Cc1cccc2[nH]c(-c3ccc(-c4ccc(CN5CCC(N)C5)cc4)s3)nc12. The molecule has 0 spiro atoms. The van der Waals surface area contributed by atoms with Crippen molar-refractivity contribution in [3.05, 3.63) is 65.7 Å². The van der Waals surface area contributed by atoms with E-state index in [1.807, 2.05) is 0 Å². The number of imidazole rings is 1. The second-order valence-electron chi connectivity index (χ2n) is 7.70. The van der Waals surface area contributed by atoms with Gasteiger partial charge < -0.3 is 10.7 Å². The van der Waals surface area contributed by atoms with E-state index in [1.54, 1.807) is 11.3 Å². The van der Waals surface area contributed by atoms with Crippen LogP contribution in [0.1, 0.15) is 17.5 Å². The number of aryl methyl sites for hydroxylation is 1. The number of benzene rings is 2. The van der Waals surface area contributed by atoms with Gasteiger partial charge in [0.1, 0.15) is 5.82 Å². The van der Waals surface area contributed by atoms with E-state index in [2.05, 4.69) is 71.4 Å². The van der Waals surface area contributed by atoms with Crippen LogP contribution in [0.25, 0.3) is 32.2 Å². The lowest BCUT2D eigenvalue weighted by Crippen LogP contribution is -2.26. The van der Waals surface area contributed by atoms with Gasteiger partial charge >= 0.3 is 0 Å². The number of para-hydroxylation sites is 1. The Labute approximate surface area is 169 Å². The summed E-state index contributed by atoms with van der Waals surface area (Å²) < 4.78 is 0. The number of rotatable bonds is 4. The van der Waals surface area contributed by atoms with E-state index in [0.717, 1.165) is 42.9 Å². The third-order valence-electron chi connectivity index (χ3n) is 5.51. The number of hydrogen-bond donors (Lipinski definition) is 2. The highest BCUT2D eigenvalue weighted by Crippen LogP contribution is 2.34. The largest absolute Gasteiger partial charge is 0.337 e. The first kappa shape index (κ1) is 17.6. The molecule has 5 rings (SSSR count). The Kier molecular flexibility index (Phi) is 4.51. The minimum atomic E-state index is 0.339. The van der Waals surface area contributed by atoms with Crippen molar-refractivity contribution in [2.45, 2.75) is 25.9 Å². The molecule has 3 heterocycles. The number of H-pyrrole nitrogens is 1. The summed E-state index contributed by atoms with van der Waals surface area (Å²) in [5, 5.41) is 0. The molecule has 1 aliphatic rings. The molecule has 28 heavy (non-hydrogen) atoms. The molecule has 1 atom stereocenters. The molecule has 0 saturated carbocycles. The molecule has 4 nitrogen and oxygen atoms in total. The van der Waals surface area contributed by atoms with Crippen molar-refractivity contribution >= 4 is 22.4 Å². The first-order valence-corrected chi connectivity index (χ1v) is 10.6. The van der Waals surface area contributed by atoms with Crippen LogP contribution in [0.4, 0.5) is 0 Å². The molecular weight excluding hydrogens is 364 g/mol. The van der Waals surface area contributed by atoms with Gasteiger partial charge in [-0.2, -0.15) is 0 Å². The average molecular weight is 389 g/mol. The summed E-state index contributed by atoms with van der Waals surface area (Å²) in [4.78, 5) is 13.1. The summed E-state index contributed by atoms with van der Waals surface area (Å²) in [5.41, 5.74) is 12.0. The van der Waals surface area contributed by atoms with Crippen molar-refractivity contribution in [3.8, 4) is 21.1 Å². The van der Waals surface area contributed by atoms with Gasteiger partial charge in [-0.15, -0.1) is 11.3 Å². The number of aromatic amines is 1. The fraction of sp³-hybridized carbons (Fsp3) is 0.261. The summed E-state index contributed by atoms with van der Waals surface area (Å²) in [6.45, 7) is 5.20. The van der Waals surface area contributed by atoms with Crippen molar-refractivity contribution in [2.24, 2.45) is 5.73 Å². The van der Waals surface area contributed by atoms with Gasteiger partial charge in [-0.3, -0.25) is 4.90 Å². The van der Waals surface area contributed by atoms with Crippen molar-refractivity contribution < 1.29 is 0 Å². The number of fused-ring (bicyclic) bond motifs is 1. The van der Waals surface area contributed by atoms with Gasteiger partial charge in [-0.05, 0) is 48.2 Å². The zero-order valence-corrected chi connectivity index (χ0v) is 16.8. The smallest absolute Gasteiger partial charge is 0.148 e. The Morgan fingerprint density at radius 2 is 1.93 bits per heavy atom. The molecule has 1 saturated heterocycles. The van der Waals surface area contributed by atoms with Crippen LogP contribution < -0.4 is 5.73 Å². The minimum Gasteiger partial charge on any atom is -0.337 e. The van der Waals surface area contributed by atoms with Gasteiger partial charge in [0.05, 0.1) is 15.9 Å².